The summed E-state index contributed by atoms with van der Waals surface area (Å²) >= 11 is 0. The lowest BCUT2D eigenvalue weighted by molar-refractivity contribution is 0.0779. The van der Waals surface area contributed by atoms with E-state index in [2.05, 4.69) is 60.2 Å². The van der Waals surface area contributed by atoms with E-state index in [1.165, 1.54) is 0 Å². The zero-order valence-corrected chi connectivity index (χ0v) is 10.2. The standard InChI is InChI=1S/C10H23N.H4N2/c1-8(2,3)10(7,11)9(4,5)6;1-2/h11H2,1-7H3;1-2H2. The van der Waals surface area contributed by atoms with E-state index in [0.29, 0.717) is 0 Å². The van der Waals surface area contributed by atoms with Gasteiger partial charge in [-0.1, -0.05) is 41.5 Å². The van der Waals surface area contributed by atoms with Crippen molar-refractivity contribution >= 4 is 0 Å². The first kappa shape index (κ1) is 15.4. The second-order valence-corrected chi connectivity index (χ2v) is 5.70. The minimum Gasteiger partial charge on any atom is -0.324 e. The number of nitrogens with two attached hydrogens (primary N) is 3. The Labute approximate surface area is 83.0 Å². The molecule has 0 spiro atoms. The van der Waals surface area contributed by atoms with E-state index in [9.17, 15) is 0 Å². The molecular weight excluding hydrogens is 162 g/mol. The smallest absolute Gasteiger partial charge is 0.0223 e. The first-order valence-electron chi connectivity index (χ1n) is 4.62. The number of hydrogen-bond donors (Lipinski definition) is 3. The van der Waals surface area contributed by atoms with Crippen LogP contribution in [0.3, 0.4) is 0 Å². The third-order valence-corrected chi connectivity index (χ3v) is 3.12. The van der Waals surface area contributed by atoms with Crippen LogP contribution in [-0.4, -0.2) is 5.54 Å². The first-order chi connectivity index (χ1) is 5.50. The van der Waals surface area contributed by atoms with Gasteiger partial charge in [0.25, 0.3) is 0 Å². The Morgan fingerprint density at radius 3 is 0.769 bits per heavy atom. The maximum absolute atomic E-state index is 6.27. The number of hydrogen-bond acceptors (Lipinski definition) is 3. The van der Waals surface area contributed by atoms with E-state index in [1.807, 2.05) is 0 Å². The minimum absolute atomic E-state index is 0.125. The molecular formula is C10H27N3. The molecule has 0 aromatic carbocycles. The summed E-state index contributed by atoms with van der Waals surface area (Å²) in [6, 6.07) is 0. The Bertz CT molecular complexity index is 121. The molecule has 0 radical (unpaired) electrons. The van der Waals surface area contributed by atoms with E-state index < -0.39 is 0 Å². The molecule has 82 valence electrons. The van der Waals surface area contributed by atoms with Crippen LogP contribution in [0.4, 0.5) is 0 Å². The molecule has 0 aliphatic heterocycles. The van der Waals surface area contributed by atoms with Crippen molar-refractivity contribution in [3.63, 3.8) is 0 Å². The predicted molar refractivity (Wildman–Crippen MR) is 59.9 cm³/mol. The molecule has 3 nitrogen and oxygen atoms in total. The van der Waals surface area contributed by atoms with E-state index in [0.717, 1.165) is 0 Å². The van der Waals surface area contributed by atoms with Crippen LogP contribution < -0.4 is 17.4 Å². The van der Waals surface area contributed by atoms with Crippen LogP contribution in [0, 0.1) is 10.8 Å². The van der Waals surface area contributed by atoms with Gasteiger partial charge in [-0.05, 0) is 17.8 Å². The third-order valence-electron chi connectivity index (χ3n) is 3.12. The van der Waals surface area contributed by atoms with Gasteiger partial charge in [0.05, 0.1) is 0 Å². The van der Waals surface area contributed by atoms with Crippen LogP contribution in [0.25, 0.3) is 0 Å². The first-order valence-corrected chi connectivity index (χ1v) is 4.62. The van der Waals surface area contributed by atoms with E-state index in [1.54, 1.807) is 0 Å². The van der Waals surface area contributed by atoms with Gasteiger partial charge in [0.2, 0.25) is 0 Å². The van der Waals surface area contributed by atoms with Gasteiger partial charge in [-0.15, -0.1) is 0 Å². The molecule has 0 aromatic rings. The number of rotatable bonds is 0. The van der Waals surface area contributed by atoms with Gasteiger partial charge in [-0.3, -0.25) is 11.7 Å². The largest absolute Gasteiger partial charge is 0.324 e. The van der Waals surface area contributed by atoms with Crippen LogP contribution in [0.1, 0.15) is 48.5 Å². The van der Waals surface area contributed by atoms with Crippen molar-refractivity contribution in [2.45, 2.75) is 54.0 Å². The highest BCUT2D eigenvalue weighted by Crippen LogP contribution is 2.41. The fraction of sp³-hybridized carbons (Fsp3) is 1.00. The molecule has 0 aliphatic carbocycles. The molecule has 0 bridgehead atoms. The van der Waals surface area contributed by atoms with Gasteiger partial charge in [0, 0.05) is 5.54 Å². The summed E-state index contributed by atoms with van der Waals surface area (Å²) in [5.74, 6) is 8.00. The second kappa shape index (κ2) is 4.40. The summed E-state index contributed by atoms with van der Waals surface area (Å²) in [5, 5.41) is 0. The second-order valence-electron chi connectivity index (χ2n) is 5.70. The topological polar surface area (TPSA) is 78.1 Å². The molecule has 13 heavy (non-hydrogen) atoms. The van der Waals surface area contributed by atoms with Crippen LogP contribution in [0.5, 0.6) is 0 Å². The fourth-order valence-electron chi connectivity index (χ4n) is 1.12. The quantitative estimate of drug-likeness (QED) is 0.400. The lowest BCUT2D eigenvalue weighted by atomic mass is 9.62. The normalized spacial score (nSPS) is 13.4. The van der Waals surface area contributed by atoms with Gasteiger partial charge < -0.3 is 5.73 Å². The van der Waals surface area contributed by atoms with Crippen molar-refractivity contribution in [2.24, 2.45) is 28.2 Å². The molecule has 0 saturated heterocycles. The van der Waals surface area contributed by atoms with E-state index in [4.69, 9.17) is 5.73 Å². The Kier molecular flexibility index (Phi) is 5.20. The SMILES string of the molecule is CC(C)(C)C(C)(N)C(C)(C)C.NN. The van der Waals surface area contributed by atoms with Crippen LogP contribution >= 0.6 is 0 Å². The van der Waals surface area contributed by atoms with Crippen LogP contribution in [0.15, 0.2) is 0 Å². The lowest BCUT2D eigenvalue weighted by Gasteiger charge is -2.48. The average molecular weight is 189 g/mol. The highest BCUT2D eigenvalue weighted by atomic mass is 15.0. The zero-order valence-electron chi connectivity index (χ0n) is 10.2. The van der Waals surface area contributed by atoms with Crippen LogP contribution in [0.2, 0.25) is 0 Å². The van der Waals surface area contributed by atoms with Gasteiger partial charge in [-0.2, -0.15) is 0 Å². The van der Waals surface area contributed by atoms with Crippen molar-refractivity contribution < 1.29 is 0 Å². The lowest BCUT2D eigenvalue weighted by Crippen LogP contribution is -2.57. The average Bonchev–Trinajstić information content (AvgIpc) is 1.87. The van der Waals surface area contributed by atoms with Gasteiger partial charge >= 0.3 is 0 Å². The molecule has 0 saturated carbocycles. The molecule has 0 aliphatic rings. The van der Waals surface area contributed by atoms with Gasteiger partial charge in [0.15, 0.2) is 0 Å². The Balaban J connectivity index is 0. The molecule has 0 unspecified atom stereocenters. The molecule has 0 aromatic heterocycles. The molecule has 0 fully saturated rings. The van der Waals surface area contributed by atoms with Crippen molar-refractivity contribution in [3.05, 3.63) is 0 Å². The molecule has 0 atom stereocenters. The molecule has 0 rings (SSSR count). The molecule has 0 heterocycles. The summed E-state index contributed by atoms with van der Waals surface area (Å²) in [6.07, 6.45) is 0. The highest BCUT2D eigenvalue weighted by Gasteiger charge is 2.43. The minimum atomic E-state index is -0.125. The monoisotopic (exact) mass is 189 g/mol. The van der Waals surface area contributed by atoms with Crippen molar-refractivity contribution in [1.29, 1.82) is 0 Å². The maximum atomic E-state index is 6.27. The zero-order chi connectivity index (χ0) is 11.5. The Morgan fingerprint density at radius 1 is 0.615 bits per heavy atom. The third kappa shape index (κ3) is 3.63. The summed E-state index contributed by atoms with van der Waals surface area (Å²) in [7, 11) is 0. The number of hydrazine groups is 1. The molecule has 3 heteroatoms. The van der Waals surface area contributed by atoms with Crippen molar-refractivity contribution in [2.75, 3.05) is 0 Å². The van der Waals surface area contributed by atoms with Crippen molar-refractivity contribution in [1.82, 2.24) is 0 Å². The van der Waals surface area contributed by atoms with Gasteiger partial charge in [0.1, 0.15) is 0 Å². The van der Waals surface area contributed by atoms with Gasteiger partial charge in [-0.25, -0.2) is 0 Å². The summed E-state index contributed by atoms with van der Waals surface area (Å²) in [4.78, 5) is 0. The van der Waals surface area contributed by atoms with E-state index in [-0.39, 0.29) is 16.4 Å². The Morgan fingerprint density at radius 2 is 0.769 bits per heavy atom. The van der Waals surface area contributed by atoms with Crippen molar-refractivity contribution in [3.8, 4) is 0 Å². The predicted octanol–water partition coefficient (Wildman–Crippen LogP) is 1.61. The molecule has 6 N–H and O–H groups in total. The summed E-state index contributed by atoms with van der Waals surface area (Å²) in [6.45, 7) is 15.3. The molecule has 0 amide bonds. The Hall–Kier alpha value is -0.120. The van der Waals surface area contributed by atoms with Crippen LogP contribution in [-0.2, 0) is 0 Å². The summed E-state index contributed by atoms with van der Waals surface area (Å²) < 4.78 is 0. The fourth-order valence-corrected chi connectivity index (χ4v) is 1.12. The maximum Gasteiger partial charge on any atom is 0.0223 e. The van der Waals surface area contributed by atoms with E-state index >= 15 is 0 Å². The summed E-state index contributed by atoms with van der Waals surface area (Å²) in [5.41, 5.74) is 6.46. The highest BCUT2D eigenvalue weighted by molar-refractivity contribution is 4.99.